The number of carbonyl (C=O) groups is 2. The van der Waals surface area contributed by atoms with E-state index >= 15 is 0 Å². The lowest BCUT2D eigenvalue weighted by Crippen LogP contribution is -2.24. The molecule has 0 aromatic heterocycles. The molecule has 2 N–H and O–H groups in total. The van der Waals surface area contributed by atoms with Gasteiger partial charge in [-0.3, -0.25) is 9.59 Å². The van der Waals surface area contributed by atoms with Crippen molar-refractivity contribution in [1.82, 2.24) is 10.6 Å². The summed E-state index contributed by atoms with van der Waals surface area (Å²) in [4.78, 5) is 24.1. The fourth-order valence-corrected chi connectivity index (χ4v) is 3.14. The first kappa shape index (κ1) is 21.7. The Balaban J connectivity index is 1.45. The topological polar surface area (TPSA) is 58.2 Å². The maximum atomic E-state index is 12.0. The van der Waals surface area contributed by atoms with Gasteiger partial charge in [0.15, 0.2) is 0 Å². The van der Waals surface area contributed by atoms with Crippen LogP contribution >= 0.6 is 0 Å². The van der Waals surface area contributed by atoms with Crippen LogP contribution in [0.25, 0.3) is 0 Å². The number of nitrogens with one attached hydrogen (secondary N) is 2. The standard InChI is InChI=1S/C24H32N2O2/c1-19-11-9-13-21(17-19)23(27)25-15-7-5-3-4-6-8-16-26-24(28)22-14-10-12-20(2)18-22/h9-14,17-18H,3-8,15-16H2,1-2H3,(H,25,27)(H,26,28). The third-order valence-corrected chi connectivity index (χ3v) is 4.74. The van der Waals surface area contributed by atoms with Crippen LogP contribution in [0.2, 0.25) is 0 Å². The van der Waals surface area contributed by atoms with E-state index in [0.29, 0.717) is 0 Å². The third-order valence-electron chi connectivity index (χ3n) is 4.74. The van der Waals surface area contributed by atoms with Gasteiger partial charge in [0.05, 0.1) is 0 Å². The number of hydrogen-bond donors (Lipinski definition) is 2. The van der Waals surface area contributed by atoms with Crippen LogP contribution in [0.5, 0.6) is 0 Å². The van der Waals surface area contributed by atoms with Crippen molar-refractivity contribution in [2.45, 2.75) is 52.4 Å². The van der Waals surface area contributed by atoms with E-state index in [1.165, 1.54) is 0 Å². The molecular weight excluding hydrogens is 348 g/mol. The highest BCUT2D eigenvalue weighted by Gasteiger charge is 2.05. The van der Waals surface area contributed by atoms with Crippen molar-refractivity contribution in [2.75, 3.05) is 13.1 Å². The van der Waals surface area contributed by atoms with Crippen LogP contribution in [0.3, 0.4) is 0 Å². The summed E-state index contributed by atoms with van der Waals surface area (Å²) in [6.45, 7) is 5.42. The summed E-state index contributed by atoms with van der Waals surface area (Å²) in [7, 11) is 0. The van der Waals surface area contributed by atoms with Gasteiger partial charge in [0, 0.05) is 24.2 Å². The number of unbranched alkanes of at least 4 members (excludes halogenated alkanes) is 5. The van der Waals surface area contributed by atoms with Crippen molar-refractivity contribution in [3.63, 3.8) is 0 Å². The van der Waals surface area contributed by atoms with Crippen LogP contribution in [-0.2, 0) is 0 Å². The first-order valence-corrected chi connectivity index (χ1v) is 10.3. The summed E-state index contributed by atoms with van der Waals surface area (Å²) < 4.78 is 0. The highest BCUT2D eigenvalue weighted by atomic mass is 16.2. The quantitative estimate of drug-likeness (QED) is 0.550. The van der Waals surface area contributed by atoms with Crippen molar-refractivity contribution >= 4 is 11.8 Å². The van der Waals surface area contributed by atoms with E-state index in [9.17, 15) is 9.59 Å². The molecule has 0 aliphatic carbocycles. The van der Waals surface area contributed by atoms with Gasteiger partial charge in [-0.25, -0.2) is 0 Å². The molecule has 4 nitrogen and oxygen atoms in total. The van der Waals surface area contributed by atoms with Crippen molar-refractivity contribution in [3.05, 3.63) is 70.8 Å². The maximum Gasteiger partial charge on any atom is 0.251 e. The zero-order chi connectivity index (χ0) is 20.2. The van der Waals surface area contributed by atoms with E-state index < -0.39 is 0 Å². The van der Waals surface area contributed by atoms with Gasteiger partial charge in [-0.2, -0.15) is 0 Å². The normalized spacial score (nSPS) is 10.5. The monoisotopic (exact) mass is 380 g/mol. The largest absolute Gasteiger partial charge is 0.352 e. The SMILES string of the molecule is Cc1cccc(C(=O)NCCCCCCCCNC(=O)c2cccc(C)c2)c1. The summed E-state index contributed by atoms with van der Waals surface area (Å²) in [5.41, 5.74) is 3.66. The molecule has 0 atom stereocenters. The first-order chi connectivity index (χ1) is 13.6. The molecule has 0 aliphatic rings. The smallest absolute Gasteiger partial charge is 0.251 e. The summed E-state index contributed by atoms with van der Waals surface area (Å²) in [6, 6.07) is 15.3. The van der Waals surface area contributed by atoms with E-state index in [1.807, 2.05) is 62.4 Å². The number of rotatable bonds is 11. The van der Waals surface area contributed by atoms with Gasteiger partial charge < -0.3 is 10.6 Å². The van der Waals surface area contributed by atoms with Gasteiger partial charge in [0.1, 0.15) is 0 Å². The molecule has 0 aliphatic heterocycles. The second-order valence-corrected chi connectivity index (χ2v) is 7.37. The first-order valence-electron chi connectivity index (χ1n) is 10.3. The summed E-state index contributed by atoms with van der Waals surface area (Å²) >= 11 is 0. The van der Waals surface area contributed by atoms with Gasteiger partial charge in [-0.05, 0) is 51.0 Å². The predicted octanol–water partition coefficient (Wildman–Crippen LogP) is 4.80. The van der Waals surface area contributed by atoms with Crippen molar-refractivity contribution in [3.8, 4) is 0 Å². The molecular formula is C24H32N2O2. The van der Waals surface area contributed by atoms with E-state index in [4.69, 9.17) is 0 Å². The number of benzene rings is 2. The lowest BCUT2D eigenvalue weighted by atomic mass is 10.1. The Morgan fingerprint density at radius 2 is 1.04 bits per heavy atom. The number of amides is 2. The minimum absolute atomic E-state index is 0.00745. The molecule has 2 aromatic carbocycles. The van der Waals surface area contributed by atoms with Crippen LogP contribution in [0.1, 0.15) is 70.4 Å². The Morgan fingerprint density at radius 3 is 1.43 bits per heavy atom. The van der Waals surface area contributed by atoms with Gasteiger partial charge in [0.2, 0.25) is 0 Å². The third kappa shape index (κ3) is 7.95. The molecule has 0 bridgehead atoms. The van der Waals surface area contributed by atoms with Gasteiger partial charge >= 0.3 is 0 Å². The molecule has 0 spiro atoms. The van der Waals surface area contributed by atoms with Crippen molar-refractivity contribution in [1.29, 1.82) is 0 Å². The fourth-order valence-electron chi connectivity index (χ4n) is 3.14. The number of carbonyl (C=O) groups excluding carboxylic acids is 2. The maximum absolute atomic E-state index is 12.0. The number of hydrogen-bond acceptors (Lipinski definition) is 2. The van der Waals surface area contributed by atoms with Crippen LogP contribution in [0.15, 0.2) is 48.5 Å². The molecule has 2 amide bonds. The Labute approximate surface area is 168 Å². The molecule has 0 radical (unpaired) electrons. The molecule has 28 heavy (non-hydrogen) atoms. The summed E-state index contributed by atoms with van der Waals surface area (Å²) in [5, 5.41) is 5.97. The Kier molecular flexibility index (Phi) is 9.26. The number of aryl methyl sites for hydroxylation is 2. The van der Waals surface area contributed by atoms with Gasteiger partial charge in [0.25, 0.3) is 11.8 Å². The Morgan fingerprint density at radius 1 is 0.643 bits per heavy atom. The van der Waals surface area contributed by atoms with Gasteiger partial charge in [-0.1, -0.05) is 61.1 Å². The summed E-state index contributed by atoms with van der Waals surface area (Å²) in [6.07, 6.45) is 6.55. The predicted molar refractivity (Wildman–Crippen MR) is 115 cm³/mol. The van der Waals surface area contributed by atoms with Crippen molar-refractivity contribution < 1.29 is 9.59 Å². The van der Waals surface area contributed by atoms with Crippen molar-refractivity contribution in [2.24, 2.45) is 0 Å². The van der Waals surface area contributed by atoms with Crippen LogP contribution in [0, 0.1) is 13.8 Å². The van der Waals surface area contributed by atoms with E-state index in [1.54, 1.807) is 0 Å². The molecule has 0 unspecified atom stereocenters. The Bertz CT molecular complexity index is 705. The molecule has 0 heterocycles. The van der Waals surface area contributed by atoms with Gasteiger partial charge in [-0.15, -0.1) is 0 Å². The van der Waals surface area contributed by atoms with E-state index in [2.05, 4.69) is 10.6 Å². The molecule has 0 fully saturated rings. The average Bonchev–Trinajstić information content (AvgIpc) is 2.69. The lowest BCUT2D eigenvalue weighted by molar-refractivity contribution is 0.0944. The minimum Gasteiger partial charge on any atom is -0.352 e. The zero-order valence-corrected chi connectivity index (χ0v) is 17.1. The van der Waals surface area contributed by atoms with Crippen LogP contribution in [0.4, 0.5) is 0 Å². The molecule has 4 heteroatoms. The zero-order valence-electron chi connectivity index (χ0n) is 17.1. The molecule has 0 saturated carbocycles. The summed E-state index contributed by atoms with van der Waals surface area (Å²) in [5.74, 6) is 0.0149. The second-order valence-electron chi connectivity index (χ2n) is 7.37. The molecule has 150 valence electrons. The molecule has 2 rings (SSSR count). The van der Waals surface area contributed by atoms with Crippen LogP contribution in [-0.4, -0.2) is 24.9 Å². The van der Waals surface area contributed by atoms with Crippen LogP contribution < -0.4 is 10.6 Å². The lowest BCUT2D eigenvalue weighted by Gasteiger charge is -2.07. The second kappa shape index (κ2) is 12.0. The Hall–Kier alpha value is -2.62. The highest BCUT2D eigenvalue weighted by Crippen LogP contribution is 2.07. The highest BCUT2D eigenvalue weighted by molar-refractivity contribution is 5.94. The molecule has 2 aromatic rings. The minimum atomic E-state index is 0.00745. The average molecular weight is 381 g/mol. The fraction of sp³-hybridized carbons (Fsp3) is 0.417. The molecule has 0 saturated heterocycles. The van der Waals surface area contributed by atoms with E-state index in [-0.39, 0.29) is 11.8 Å². The van der Waals surface area contributed by atoms with E-state index in [0.717, 1.165) is 73.9 Å².